The minimum Gasteiger partial charge on any atom is -0.287 e. The summed E-state index contributed by atoms with van der Waals surface area (Å²) in [5, 5.41) is 8.81. The van der Waals surface area contributed by atoms with E-state index in [9.17, 15) is 4.79 Å². The number of carbonyl (C=O) groups is 1. The number of nitrogens with zero attached hydrogens (tertiary/aromatic N) is 3. The minimum atomic E-state index is -0.128. The molecule has 1 aliphatic carbocycles. The third-order valence-corrected chi connectivity index (χ3v) is 4.26. The van der Waals surface area contributed by atoms with Gasteiger partial charge in [-0.05, 0) is 36.6 Å². The minimum absolute atomic E-state index is 0.128. The van der Waals surface area contributed by atoms with E-state index >= 15 is 0 Å². The number of benzene rings is 1. The number of ketones is 1. The Morgan fingerprint density at radius 1 is 1.18 bits per heavy atom. The molecule has 1 aromatic carbocycles. The summed E-state index contributed by atoms with van der Waals surface area (Å²) in [5.41, 5.74) is 1.33. The first-order chi connectivity index (χ1) is 10.7. The first-order valence-corrected chi connectivity index (χ1v) is 8.00. The summed E-state index contributed by atoms with van der Waals surface area (Å²) < 4.78 is 1.85. The third kappa shape index (κ3) is 3.63. The molecule has 4 nitrogen and oxygen atoms in total. The molecule has 22 heavy (non-hydrogen) atoms. The number of halogens is 1. The van der Waals surface area contributed by atoms with E-state index in [-0.39, 0.29) is 5.78 Å². The van der Waals surface area contributed by atoms with Crippen LogP contribution in [0.1, 0.15) is 54.2 Å². The molecule has 0 aliphatic heterocycles. The fraction of sp³-hybridized carbons (Fsp3) is 0.353. The highest BCUT2D eigenvalue weighted by Gasteiger charge is 2.18. The average Bonchev–Trinajstić information content (AvgIpc) is 3.05. The van der Waals surface area contributed by atoms with Crippen molar-refractivity contribution in [3.8, 4) is 0 Å². The molecule has 0 saturated heterocycles. The number of rotatable bonds is 4. The summed E-state index contributed by atoms with van der Waals surface area (Å²) in [6, 6.07) is 7.72. The molecule has 0 radical (unpaired) electrons. The van der Waals surface area contributed by atoms with Gasteiger partial charge in [-0.15, -0.1) is 5.10 Å². The second-order valence-corrected chi connectivity index (χ2v) is 6.06. The van der Waals surface area contributed by atoms with Gasteiger partial charge in [0.05, 0.1) is 12.2 Å². The van der Waals surface area contributed by atoms with Crippen molar-refractivity contribution in [2.45, 2.75) is 38.1 Å². The molecule has 0 spiro atoms. The van der Waals surface area contributed by atoms with Gasteiger partial charge in [-0.3, -0.25) is 4.79 Å². The van der Waals surface area contributed by atoms with Crippen LogP contribution < -0.4 is 0 Å². The Hall–Kier alpha value is -1.94. The van der Waals surface area contributed by atoms with Crippen LogP contribution in [0.2, 0.25) is 5.02 Å². The molecule has 5 heteroatoms. The smallest absolute Gasteiger partial charge is 0.207 e. The van der Waals surface area contributed by atoms with Gasteiger partial charge in [-0.1, -0.05) is 54.3 Å². The standard InChI is InChI=1S/C17H18ClN3O/c18-14-9-6-13(7-10-14)8-11-17(22)16-12-21(20-19-16)15-4-2-1-3-5-15/h6-12,15H,1-5H2/b11-8+. The predicted octanol–water partition coefficient (Wildman–Crippen LogP) is 4.33. The first-order valence-electron chi connectivity index (χ1n) is 7.62. The zero-order valence-electron chi connectivity index (χ0n) is 12.3. The van der Waals surface area contributed by atoms with Gasteiger partial charge in [-0.25, -0.2) is 4.68 Å². The average molecular weight is 316 g/mol. The van der Waals surface area contributed by atoms with E-state index < -0.39 is 0 Å². The van der Waals surface area contributed by atoms with Gasteiger partial charge < -0.3 is 0 Å². The molecule has 0 amide bonds. The topological polar surface area (TPSA) is 47.8 Å². The van der Waals surface area contributed by atoms with Gasteiger partial charge >= 0.3 is 0 Å². The van der Waals surface area contributed by atoms with E-state index in [2.05, 4.69) is 10.3 Å². The molecule has 114 valence electrons. The molecule has 1 fully saturated rings. The highest BCUT2D eigenvalue weighted by Crippen LogP contribution is 2.27. The summed E-state index contributed by atoms with van der Waals surface area (Å²) >= 11 is 5.83. The molecule has 3 rings (SSSR count). The van der Waals surface area contributed by atoms with Crippen molar-refractivity contribution in [3.05, 3.63) is 52.8 Å². The van der Waals surface area contributed by atoms with Gasteiger partial charge in [0, 0.05) is 5.02 Å². The van der Waals surface area contributed by atoms with E-state index in [0.717, 1.165) is 18.4 Å². The number of carbonyl (C=O) groups excluding carboxylic acids is 1. The van der Waals surface area contributed by atoms with Crippen LogP contribution >= 0.6 is 11.6 Å². The van der Waals surface area contributed by atoms with Crippen LogP contribution in [-0.4, -0.2) is 20.8 Å². The fourth-order valence-electron chi connectivity index (χ4n) is 2.74. The van der Waals surface area contributed by atoms with Gasteiger partial charge in [0.15, 0.2) is 5.69 Å². The normalized spacial score (nSPS) is 16.2. The highest BCUT2D eigenvalue weighted by atomic mass is 35.5. The molecule has 0 unspecified atom stereocenters. The second kappa shape index (κ2) is 6.88. The molecule has 2 aromatic rings. The molecule has 1 aromatic heterocycles. The Balaban J connectivity index is 1.67. The van der Waals surface area contributed by atoms with Crippen molar-refractivity contribution in [3.63, 3.8) is 0 Å². The van der Waals surface area contributed by atoms with E-state index in [1.54, 1.807) is 24.4 Å². The van der Waals surface area contributed by atoms with Crippen LogP contribution in [0.5, 0.6) is 0 Å². The van der Waals surface area contributed by atoms with Gasteiger partial charge in [0.1, 0.15) is 0 Å². The fourth-order valence-corrected chi connectivity index (χ4v) is 2.87. The number of allylic oxidation sites excluding steroid dienone is 1. The maximum absolute atomic E-state index is 12.2. The first kappa shape index (κ1) is 15.0. The maximum atomic E-state index is 12.2. The lowest BCUT2D eigenvalue weighted by molar-refractivity contribution is 0.104. The van der Waals surface area contributed by atoms with Crippen LogP contribution in [-0.2, 0) is 0 Å². The Bertz CT molecular complexity index is 669. The number of aromatic nitrogens is 3. The highest BCUT2D eigenvalue weighted by molar-refractivity contribution is 6.30. The Morgan fingerprint density at radius 2 is 1.91 bits per heavy atom. The zero-order valence-corrected chi connectivity index (χ0v) is 13.0. The van der Waals surface area contributed by atoms with Crippen molar-refractivity contribution in [2.24, 2.45) is 0 Å². The van der Waals surface area contributed by atoms with Crippen molar-refractivity contribution in [1.29, 1.82) is 0 Å². The quantitative estimate of drug-likeness (QED) is 0.623. The van der Waals surface area contributed by atoms with Crippen LogP contribution in [0, 0.1) is 0 Å². The molecule has 0 N–H and O–H groups in total. The van der Waals surface area contributed by atoms with Gasteiger partial charge in [0.25, 0.3) is 0 Å². The lowest BCUT2D eigenvalue weighted by Gasteiger charge is -2.20. The third-order valence-electron chi connectivity index (χ3n) is 4.01. The number of hydrogen-bond donors (Lipinski definition) is 0. The lowest BCUT2D eigenvalue weighted by Crippen LogP contribution is -2.13. The van der Waals surface area contributed by atoms with Crippen LogP contribution in [0.15, 0.2) is 36.5 Å². The Labute approximate surface area is 134 Å². The predicted molar refractivity (Wildman–Crippen MR) is 87.0 cm³/mol. The molecule has 1 saturated carbocycles. The summed E-state index contributed by atoms with van der Waals surface area (Å²) in [5.74, 6) is -0.128. The Morgan fingerprint density at radius 3 is 2.64 bits per heavy atom. The molecule has 1 aliphatic rings. The lowest BCUT2D eigenvalue weighted by atomic mass is 9.96. The largest absolute Gasteiger partial charge is 0.287 e. The van der Waals surface area contributed by atoms with Crippen molar-refractivity contribution >= 4 is 23.5 Å². The van der Waals surface area contributed by atoms with Crippen LogP contribution in [0.25, 0.3) is 6.08 Å². The molecular weight excluding hydrogens is 298 g/mol. The van der Waals surface area contributed by atoms with Crippen LogP contribution in [0.3, 0.4) is 0 Å². The molecular formula is C17H18ClN3O. The second-order valence-electron chi connectivity index (χ2n) is 5.62. The summed E-state index contributed by atoms with van der Waals surface area (Å²) in [4.78, 5) is 12.2. The monoisotopic (exact) mass is 315 g/mol. The van der Waals surface area contributed by atoms with Crippen molar-refractivity contribution in [2.75, 3.05) is 0 Å². The Kier molecular flexibility index (Phi) is 4.68. The van der Waals surface area contributed by atoms with Gasteiger partial charge in [-0.2, -0.15) is 0 Å². The van der Waals surface area contributed by atoms with Crippen molar-refractivity contribution in [1.82, 2.24) is 15.0 Å². The van der Waals surface area contributed by atoms with Crippen LogP contribution in [0.4, 0.5) is 0 Å². The zero-order chi connectivity index (χ0) is 15.4. The van der Waals surface area contributed by atoms with E-state index in [1.807, 2.05) is 16.8 Å². The van der Waals surface area contributed by atoms with E-state index in [0.29, 0.717) is 16.8 Å². The summed E-state index contributed by atoms with van der Waals surface area (Å²) in [7, 11) is 0. The maximum Gasteiger partial charge on any atom is 0.207 e. The number of hydrogen-bond acceptors (Lipinski definition) is 3. The molecule has 0 bridgehead atoms. The van der Waals surface area contributed by atoms with Crippen molar-refractivity contribution < 1.29 is 4.79 Å². The SMILES string of the molecule is O=C(/C=C/c1ccc(Cl)cc1)c1cn(C2CCCCC2)nn1. The summed E-state index contributed by atoms with van der Waals surface area (Å²) in [6.07, 6.45) is 11.0. The van der Waals surface area contributed by atoms with E-state index in [1.165, 1.54) is 25.3 Å². The molecule has 0 atom stereocenters. The van der Waals surface area contributed by atoms with Gasteiger partial charge in [0.2, 0.25) is 5.78 Å². The van der Waals surface area contributed by atoms with E-state index in [4.69, 9.17) is 11.6 Å². The summed E-state index contributed by atoms with van der Waals surface area (Å²) in [6.45, 7) is 0. The molecule has 1 heterocycles.